The highest BCUT2D eigenvalue weighted by atomic mass is 16.5. The average molecular weight is 286 g/mol. The minimum absolute atomic E-state index is 0.0735. The molecule has 0 atom stereocenters. The number of carbonyl (C=O) groups is 2. The van der Waals surface area contributed by atoms with Crippen LogP contribution in [0.1, 0.15) is 30.1 Å². The van der Waals surface area contributed by atoms with Crippen molar-refractivity contribution in [2.45, 2.75) is 19.8 Å². The summed E-state index contributed by atoms with van der Waals surface area (Å²) < 4.78 is 10.1. The fraction of sp³-hybridized carbons (Fsp3) is 0.294. The van der Waals surface area contributed by atoms with E-state index in [-0.39, 0.29) is 24.6 Å². The second kappa shape index (κ2) is 6.88. The lowest BCUT2D eigenvalue weighted by atomic mass is 9.98. The third-order valence-corrected chi connectivity index (χ3v) is 3.25. The summed E-state index contributed by atoms with van der Waals surface area (Å²) >= 11 is 0. The number of fused-ring (bicyclic) bond motifs is 1. The van der Waals surface area contributed by atoms with Crippen molar-refractivity contribution in [3.8, 4) is 5.75 Å². The number of carbonyl (C=O) groups excluding carboxylic acids is 2. The van der Waals surface area contributed by atoms with Crippen LogP contribution in [0.5, 0.6) is 5.75 Å². The van der Waals surface area contributed by atoms with Gasteiger partial charge in [-0.15, -0.1) is 0 Å². The molecule has 0 spiro atoms. The topological polar surface area (TPSA) is 52.6 Å². The molecule has 0 N–H and O–H groups in total. The van der Waals surface area contributed by atoms with Gasteiger partial charge in [0.05, 0.1) is 25.7 Å². The Kier molecular flexibility index (Phi) is 4.93. The zero-order valence-corrected chi connectivity index (χ0v) is 12.2. The van der Waals surface area contributed by atoms with Crippen LogP contribution in [0.3, 0.4) is 0 Å². The Balaban J connectivity index is 2.40. The molecule has 0 heterocycles. The molecule has 0 aromatic heterocycles. The van der Waals surface area contributed by atoms with Crippen molar-refractivity contribution in [1.82, 2.24) is 0 Å². The quantitative estimate of drug-likeness (QED) is 0.603. The summed E-state index contributed by atoms with van der Waals surface area (Å²) in [6.45, 7) is 2.35. The fourth-order valence-electron chi connectivity index (χ4n) is 2.26. The standard InChI is InChI=1S/C17H18O4/c1-3-21-15-10-8-12-6-4-5-7-13(12)17(15)14(18)9-11-16(19)20-2/h4-8,10H,3,9,11H2,1-2H3. The Morgan fingerprint density at radius 1 is 1.05 bits per heavy atom. The maximum Gasteiger partial charge on any atom is 0.305 e. The number of rotatable bonds is 6. The lowest BCUT2D eigenvalue weighted by molar-refractivity contribution is -0.140. The van der Waals surface area contributed by atoms with Gasteiger partial charge < -0.3 is 9.47 Å². The Morgan fingerprint density at radius 3 is 2.52 bits per heavy atom. The minimum atomic E-state index is -0.387. The summed E-state index contributed by atoms with van der Waals surface area (Å²) in [6, 6.07) is 11.4. The van der Waals surface area contributed by atoms with E-state index in [1.54, 1.807) is 6.07 Å². The van der Waals surface area contributed by atoms with E-state index in [1.165, 1.54) is 7.11 Å². The van der Waals surface area contributed by atoms with Crippen LogP contribution >= 0.6 is 0 Å². The van der Waals surface area contributed by atoms with E-state index in [9.17, 15) is 9.59 Å². The van der Waals surface area contributed by atoms with Gasteiger partial charge in [0.1, 0.15) is 5.75 Å². The molecule has 0 fully saturated rings. The predicted molar refractivity (Wildman–Crippen MR) is 80.7 cm³/mol. The van der Waals surface area contributed by atoms with Gasteiger partial charge in [-0.05, 0) is 23.8 Å². The van der Waals surface area contributed by atoms with Crippen molar-refractivity contribution in [2.24, 2.45) is 0 Å². The first-order valence-electron chi connectivity index (χ1n) is 6.92. The molecule has 110 valence electrons. The number of Topliss-reactive ketones (excluding diaryl/α,β-unsaturated/α-hetero) is 1. The maximum absolute atomic E-state index is 12.5. The molecule has 0 radical (unpaired) electrons. The third kappa shape index (κ3) is 3.40. The van der Waals surface area contributed by atoms with E-state index in [4.69, 9.17) is 4.74 Å². The van der Waals surface area contributed by atoms with E-state index in [0.717, 1.165) is 10.8 Å². The number of ketones is 1. The fourth-order valence-corrected chi connectivity index (χ4v) is 2.26. The largest absolute Gasteiger partial charge is 0.493 e. The monoisotopic (exact) mass is 286 g/mol. The van der Waals surface area contributed by atoms with Gasteiger partial charge in [0, 0.05) is 6.42 Å². The molecule has 4 nitrogen and oxygen atoms in total. The molecular weight excluding hydrogens is 268 g/mol. The number of esters is 1. The van der Waals surface area contributed by atoms with Crippen LogP contribution < -0.4 is 4.74 Å². The number of methoxy groups -OCH3 is 1. The van der Waals surface area contributed by atoms with Crippen LogP contribution in [0.2, 0.25) is 0 Å². The molecule has 2 aromatic rings. The second-order valence-corrected chi connectivity index (χ2v) is 4.59. The summed E-state index contributed by atoms with van der Waals surface area (Å²) in [5.41, 5.74) is 0.541. The van der Waals surface area contributed by atoms with Crippen LogP contribution in [0.25, 0.3) is 10.8 Å². The number of hydrogen-bond donors (Lipinski definition) is 0. The van der Waals surface area contributed by atoms with E-state index in [0.29, 0.717) is 17.9 Å². The van der Waals surface area contributed by atoms with Gasteiger partial charge in [0.25, 0.3) is 0 Å². The smallest absolute Gasteiger partial charge is 0.305 e. The molecule has 0 aliphatic rings. The summed E-state index contributed by atoms with van der Waals surface area (Å²) in [5, 5.41) is 1.82. The van der Waals surface area contributed by atoms with Crippen molar-refractivity contribution >= 4 is 22.5 Å². The number of hydrogen-bond acceptors (Lipinski definition) is 4. The SMILES string of the molecule is CCOc1ccc2ccccc2c1C(=O)CCC(=O)OC. The molecule has 2 aromatic carbocycles. The van der Waals surface area contributed by atoms with Crippen LogP contribution in [0.4, 0.5) is 0 Å². The van der Waals surface area contributed by atoms with Gasteiger partial charge in [-0.3, -0.25) is 9.59 Å². The molecule has 0 saturated carbocycles. The summed E-state index contributed by atoms with van der Waals surface area (Å²) in [7, 11) is 1.32. The van der Waals surface area contributed by atoms with Crippen molar-refractivity contribution in [3.05, 3.63) is 42.0 Å². The molecule has 0 amide bonds. The van der Waals surface area contributed by atoms with Crippen LogP contribution in [-0.4, -0.2) is 25.5 Å². The molecule has 21 heavy (non-hydrogen) atoms. The molecule has 2 rings (SSSR count). The minimum Gasteiger partial charge on any atom is -0.493 e. The first kappa shape index (κ1) is 15.0. The second-order valence-electron chi connectivity index (χ2n) is 4.59. The lowest BCUT2D eigenvalue weighted by Crippen LogP contribution is -2.08. The molecule has 0 unspecified atom stereocenters. The Bertz CT molecular complexity index is 661. The highest BCUT2D eigenvalue weighted by molar-refractivity contribution is 6.11. The highest BCUT2D eigenvalue weighted by Crippen LogP contribution is 2.29. The van der Waals surface area contributed by atoms with E-state index < -0.39 is 0 Å². The van der Waals surface area contributed by atoms with Gasteiger partial charge >= 0.3 is 5.97 Å². The first-order valence-corrected chi connectivity index (χ1v) is 6.92. The average Bonchev–Trinajstić information content (AvgIpc) is 2.52. The van der Waals surface area contributed by atoms with Gasteiger partial charge in [0.2, 0.25) is 0 Å². The van der Waals surface area contributed by atoms with Crippen LogP contribution in [0.15, 0.2) is 36.4 Å². The summed E-state index contributed by atoms with van der Waals surface area (Å²) in [6.07, 6.45) is 0.185. The van der Waals surface area contributed by atoms with Gasteiger partial charge in [-0.2, -0.15) is 0 Å². The van der Waals surface area contributed by atoms with E-state index in [1.807, 2.05) is 37.3 Å². The lowest BCUT2D eigenvalue weighted by Gasteiger charge is -2.12. The zero-order chi connectivity index (χ0) is 15.2. The zero-order valence-electron chi connectivity index (χ0n) is 12.2. The molecule has 0 saturated heterocycles. The van der Waals surface area contributed by atoms with Crippen molar-refractivity contribution in [2.75, 3.05) is 13.7 Å². The predicted octanol–water partition coefficient (Wildman–Crippen LogP) is 3.37. The molecule has 4 heteroatoms. The molecule has 0 bridgehead atoms. The molecule has 0 aliphatic carbocycles. The molecule has 0 aliphatic heterocycles. The van der Waals surface area contributed by atoms with Crippen molar-refractivity contribution in [3.63, 3.8) is 0 Å². The number of benzene rings is 2. The van der Waals surface area contributed by atoms with E-state index in [2.05, 4.69) is 4.74 Å². The normalized spacial score (nSPS) is 10.4. The van der Waals surface area contributed by atoms with Crippen molar-refractivity contribution in [1.29, 1.82) is 0 Å². The summed E-state index contributed by atoms with van der Waals surface area (Å²) in [5.74, 6) is 0.0632. The van der Waals surface area contributed by atoms with Gasteiger partial charge in [-0.1, -0.05) is 30.3 Å². The van der Waals surface area contributed by atoms with E-state index >= 15 is 0 Å². The maximum atomic E-state index is 12.5. The van der Waals surface area contributed by atoms with Crippen LogP contribution in [-0.2, 0) is 9.53 Å². The Hall–Kier alpha value is -2.36. The third-order valence-electron chi connectivity index (χ3n) is 3.25. The first-order chi connectivity index (χ1) is 10.2. The Morgan fingerprint density at radius 2 is 1.81 bits per heavy atom. The molecular formula is C17H18O4. The Labute approximate surface area is 123 Å². The highest BCUT2D eigenvalue weighted by Gasteiger charge is 2.17. The van der Waals surface area contributed by atoms with Gasteiger partial charge in [0.15, 0.2) is 5.78 Å². The van der Waals surface area contributed by atoms with Crippen LogP contribution in [0, 0.1) is 0 Å². The number of ether oxygens (including phenoxy) is 2. The van der Waals surface area contributed by atoms with Gasteiger partial charge in [-0.25, -0.2) is 0 Å². The summed E-state index contributed by atoms with van der Waals surface area (Å²) in [4.78, 5) is 23.7. The van der Waals surface area contributed by atoms with Crippen molar-refractivity contribution < 1.29 is 19.1 Å².